The third kappa shape index (κ3) is 5.64. The van der Waals surface area contributed by atoms with Crippen LogP contribution in [0.15, 0.2) is 91.0 Å². The summed E-state index contributed by atoms with van der Waals surface area (Å²) >= 11 is 0. The molecule has 0 spiro atoms. The smallest absolute Gasteiger partial charge is 0.318 e. The second-order valence-electron chi connectivity index (χ2n) is 8.38. The lowest BCUT2D eigenvalue weighted by Crippen LogP contribution is -2.41. The number of carbonyl (C=O) groups is 2. The number of carbonyl (C=O) groups excluding carboxylic acids is 2. The van der Waals surface area contributed by atoms with Gasteiger partial charge < -0.3 is 9.64 Å². The normalized spacial score (nSPS) is 14.3. The van der Waals surface area contributed by atoms with Gasteiger partial charge in [-0.3, -0.25) is 9.59 Å². The summed E-state index contributed by atoms with van der Waals surface area (Å²) in [5.41, 5.74) is 3.06. The quantitative estimate of drug-likeness (QED) is 0.507. The van der Waals surface area contributed by atoms with Crippen molar-refractivity contribution in [2.24, 2.45) is 5.92 Å². The fraction of sp³-hybridized carbons (Fsp3) is 0.286. The number of amides is 1. The highest BCUT2D eigenvalue weighted by Gasteiger charge is 2.27. The van der Waals surface area contributed by atoms with Gasteiger partial charge in [-0.1, -0.05) is 91.0 Å². The van der Waals surface area contributed by atoms with Crippen molar-refractivity contribution < 1.29 is 14.3 Å². The minimum Gasteiger partial charge on any atom is -0.455 e. The second kappa shape index (κ2) is 10.8. The van der Waals surface area contributed by atoms with Gasteiger partial charge in [-0.25, -0.2) is 0 Å². The van der Waals surface area contributed by atoms with Gasteiger partial charge >= 0.3 is 5.97 Å². The highest BCUT2D eigenvalue weighted by molar-refractivity contribution is 5.85. The van der Waals surface area contributed by atoms with Crippen LogP contribution >= 0.6 is 0 Å². The molecule has 0 unspecified atom stereocenters. The minimum absolute atomic E-state index is 0.114. The molecule has 1 aliphatic rings. The first-order chi connectivity index (χ1) is 15.7. The molecule has 164 valence electrons. The fourth-order valence-corrected chi connectivity index (χ4v) is 4.40. The van der Waals surface area contributed by atoms with Gasteiger partial charge in [0.05, 0.1) is 0 Å². The number of ether oxygens (including phenoxy) is 1. The zero-order valence-corrected chi connectivity index (χ0v) is 18.2. The van der Waals surface area contributed by atoms with Gasteiger partial charge in [-0.15, -0.1) is 0 Å². The van der Waals surface area contributed by atoms with Gasteiger partial charge in [-0.05, 0) is 41.9 Å². The maximum atomic E-state index is 13.0. The van der Waals surface area contributed by atoms with Gasteiger partial charge in [0, 0.05) is 13.1 Å². The molecule has 1 aliphatic heterocycles. The standard InChI is InChI=1S/C28H29NO3/c30-26(29-18-16-23(17-19-29)20-22-10-4-1-5-11-22)21-32-28(31)27(24-12-6-2-7-13-24)25-14-8-3-9-15-25/h1-15,23,27H,16-21H2. The van der Waals surface area contributed by atoms with Crippen LogP contribution in [-0.4, -0.2) is 36.5 Å². The van der Waals surface area contributed by atoms with Gasteiger partial charge in [0.25, 0.3) is 5.91 Å². The number of nitrogens with zero attached hydrogens (tertiary/aromatic N) is 1. The molecule has 0 aromatic heterocycles. The van der Waals surface area contributed by atoms with Crippen LogP contribution in [0.25, 0.3) is 0 Å². The Kier molecular flexibility index (Phi) is 7.34. The summed E-state index contributed by atoms with van der Waals surface area (Å²) < 4.78 is 5.52. The Morgan fingerprint density at radius 1 is 0.781 bits per heavy atom. The summed E-state index contributed by atoms with van der Waals surface area (Å²) in [6, 6.07) is 29.6. The molecule has 4 heteroatoms. The number of likely N-dealkylation sites (tertiary alicyclic amines) is 1. The highest BCUT2D eigenvalue weighted by atomic mass is 16.5. The Bertz CT molecular complexity index is 957. The van der Waals surface area contributed by atoms with E-state index in [0.29, 0.717) is 19.0 Å². The molecule has 1 saturated heterocycles. The van der Waals surface area contributed by atoms with Crippen LogP contribution in [0, 0.1) is 5.92 Å². The molecule has 0 bridgehead atoms. The zero-order valence-electron chi connectivity index (χ0n) is 18.2. The number of esters is 1. The van der Waals surface area contributed by atoms with Crippen molar-refractivity contribution in [3.05, 3.63) is 108 Å². The maximum absolute atomic E-state index is 13.0. The molecule has 1 fully saturated rings. The molecule has 3 aromatic rings. The molecule has 4 nitrogen and oxygen atoms in total. The van der Waals surface area contributed by atoms with Crippen molar-refractivity contribution in [3.8, 4) is 0 Å². The van der Waals surface area contributed by atoms with Crippen molar-refractivity contribution in [1.82, 2.24) is 4.90 Å². The van der Waals surface area contributed by atoms with Crippen LogP contribution in [0.2, 0.25) is 0 Å². The van der Waals surface area contributed by atoms with Crippen LogP contribution in [0.1, 0.15) is 35.4 Å². The van der Waals surface area contributed by atoms with Crippen molar-refractivity contribution in [2.45, 2.75) is 25.2 Å². The monoisotopic (exact) mass is 427 g/mol. The molecule has 1 amide bonds. The number of benzene rings is 3. The third-order valence-electron chi connectivity index (χ3n) is 6.17. The maximum Gasteiger partial charge on any atom is 0.318 e. The number of hydrogen-bond acceptors (Lipinski definition) is 3. The molecule has 4 rings (SSSR count). The Hall–Kier alpha value is -3.40. The molecule has 0 atom stereocenters. The molecule has 32 heavy (non-hydrogen) atoms. The minimum atomic E-state index is -0.540. The summed E-state index contributed by atoms with van der Waals surface area (Å²) in [6.07, 6.45) is 3.00. The van der Waals surface area contributed by atoms with Crippen molar-refractivity contribution in [1.29, 1.82) is 0 Å². The number of piperidine rings is 1. The third-order valence-corrected chi connectivity index (χ3v) is 6.17. The van der Waals surface area contributed by atoms with E-state index in [2.05, 4.69) is 24.3 Å². The van der Waals surface area contributed by atoms with Crippen LogP contribution in [0.5, 0.6) is 0 Å². The molecular formula is C28H29NO3. The van der Waals surface area contributed by atoms with E-state index in [0.717, 1.165) is 30.4 Å². The van der Waals surface area contributed by atoms with E-state index in [1.807, 2.05) is 71.6 Å². The molecular weight excluding hydrogens is 398 g/mol. The van der Waals surface area contributed by atoms with Crippen LogP contribution in [-0.2, 0) is 20.7 Å². The zero-order chi connectivity index (χ0) is 22.2. The van der Waals surface area contributed by atoms with Crippen molar-refractivity contribution >= 4 is 11.9 Å². The van der Waals surface area contributed by atoms with E-state index in [1.165, 1.54) is 5.56 Å². The summed E-state index contributed by atoms with van der Waals surface area (Å²) in [4.78, 5) is 27.5. The lowest BCUT2D eigenvalue weighted by atomic mass is 9.90. The Morgan fingerprint density at radius 2 is 1.28 bits per heavy atom. The SMILES string of the molecule is O=C(OCC(=O)N1CCC(Cc2ccccc2)CC1)C(c1ccccc1)c1ccccc1. The average Bonchev–Trinajstić information content (AvgIpc) is 2.85. The highest BCUT2D eigenvalue weighted by Crippen LogP contribution is 2.26. The van der Waals surface area contributed by atoms with E-state index in [-0.39, 0.29) is 12.5 Å². The lowest BCUT2D eigenvalue weighted by molar-refractivity contribution is -0.153. The fourth-order valence-electron chi connectivity index (χ4n) is 4.40. The second-order valence-corrected chi connectivity index (χ2v) is 8.38. The van der Waals surface area contributed by atoms with E-state index < -0.39 is 11.9 Å². The molecule has 0 radical (unpaired) electrons. The Labute approximate surface area is 189 Å². The van der Waals surface area contributed by atoms with Crippen molar-refractivity contribution in [3.63, 3.8) is 0 Å². The van der Waals surface area contributed by atoms with Gasteiger partial charge in [-0.2, -0.15) is 0 Å². The van der Waals surface area contributed by atoms with Gasteiger partial charge in [0.15, 0.2) is 6.61 Å². The average molecular weight is 428 g/mol. The van der Waals surface area contributed by atoms with Crippen LogP contribution < -0.4 is 0 Å². The van der Waals surface area contributed by atoms with Crippen molar-refractivity contribution in [2.75, 3.05) is 19.7 Å². The predicted molar refractivity (Wildman–Crippen MR) is 125 cm³/mol. The summed E-state index contributed by atoms with van der Waals surface area (Å²) in [5.74, 6) is -0.461. The Balaban J connectivity index is 1.31. The van der Waals surface area contributed by atoms with Gasteiger partial charge in [0.2, 0.25) is 0 Å². The first-order valence-corrected chi connectivity index (χ1v) is 11.3. The van der Waals surface area contributed by atoms with E-state index in [4.69, 9.17) is 4.74 Å². The number of rotatable bonds is 7. The predicted octanol–water partition coefficient (Wildman–Crippen LogP) is 4.84. The Morgan fingerprint density at radius 3 is 1.81 bits per heavy atom. The van der Waals surface area contributed by atoms with E-state index >= 15 is 0 Å². The molecule has 0 aliphatic carbocycles. The van der Waals surface area contributed by atoms with Crippen LogP contribution in [0.3, 0.4) is 0 Å². The summed E-state index contributed by atoms with van der Waals surface area (Å²) in [7, 11) is 0. The topological polar surface area (TPSA) is 46.6 Å². The first-order valence-electron chi connectivity index (χ1n) is 11.3. The van der Waals surface area contributed by atoms with Crippen LogP contribution in [0.4, 0.5) is 0 Å². The lowest BCUT2D eigenvalue weighted by Gasteiger charge is -2.32. The number of hydrogen-bond donors (Lipinski definition) is 0. The molecule has 1 heterocycles. The molecule has 3 aromatic carbocycles. The largest absolute Gasteiger partial charge is 0.455 e. The molecule has 0 saturated carbocycles. The first kappa shape index (κ1) is 21.8. The molecule has 0 N–H and O–H groups in total. The summed E-state index contributed by atoms with van der Waals surface area (Å²) in [5, 5.41) is 0. The van der Waals surface area contributed by atoms with E-state index in [1.54, 1.807) is 0 Å². The summed E-state index contributed by atoms with van der Waals surface area (Å²) in [6.45, 7) is 1.22. The van der Waals surface area contributed by atoms with Gasteiger partial charge in [0.1, 0.15) is 5.92 Å². The van der Waals surface area contributed by atoms with E-state index in [9.17, 15) is 9.59 Å².